The molecule has 0 bridgehead atoms. The zero-order chi connectivity index (χ0) is 15.6. The minimum atomic E-state index is -0.770. The molecule has 3 N–H and O–H groups in total. The quantitative estimate of drug-likeness (QED) is 0.502. The summed E-state index contributed by atoms with van der Waals surface area (Å²) in [6.45, 7) is 0. The van der Waals surface area contributed by atoms with E-state index in [0.717, 1.165) is 18.2 Å². The molecule has 0 aromatic heterocycles. The number of carbonyl (C=O) groups excluding carboxylic acids is 1. The van der Waals surface area contributed by atoms with E-state index in [2.05, 4.69) is 21.2 Å². The Morgan fingerprint density at radius 3 is 2.62 bits per heavy atom. The van der Waals surface area contributed by atoms with Gasteiger partial charge in [-0.3, -0.25) is 14.9 Å². The van der Waals surface area contributed by atoms with Gasteiger partial charge in [0.15, 0.2) is 0 Å². The van der Waals surface area contributed by atoms with Crippen LogP contribution in [0.2, 0.25) is 0 Å². The number of nitro benzene ring substituents is 1. The third-order valence-electron chi connectivity index (χ3n) is 2.59. The summed E-state index contributed by atoms with van der Waals surface area (Å²) in [6, 6.07) is 7.45. The zero-order valence-electron chi connectivity index (χ0n) is 10.5. The number of hydrogen-bond acceptors (Lipinski definition) is 4. The highest BCUT2D eigenvalue weighted by atomic mass is 79.9. The topological polar surface area (TPSA) is 98.3 Å². The number of nitro groups is 1. The van der Waals surface area contributed by atoms with Crippen molar-refractivity contribution in [1.29, 1.82) is 0 Å². The fraction of sp³-hybridized carbons (Fsp3) is 0. The van der Waals surface area contributed by atoms with Crippen molar-refractivity contribution in [3.05, 3.63) is 62.4 Å². The number of anilines is 2. The summed E-state index contributed by atoms with van der Waals surface area (Å²) in [5, 5.41) is 13.2. The second kappa shape index (κ2) is 5.88. The number of nitrogens with two attached hydrogens (primary N) is 1. The Balaban J connectivity index is 2.33. The van der Waals surface area contributed by atoms with Crippen LogP contribution in [-0.2, 0) is 0 Å². The maximum Gasteiger partial charge on any atom is 0.295 e. The van der Waals surface area contributed by atoms with Crippen LogP contribution in [0, 0.1) is 15.9 Å². The average molecular weight is 354 g/mol. The monoisotopic (exact) mass is 353 g/mol. The van der Waals surface area contributed by atoms with Gasteiger partial charge in [-0.25, -0.2) is 4.39 Å². The van der Waals surface area contributed by atoms with Crippen LogP contribution < -0.4 is 11.1 Å². The van der Waals surface area contributed by atoms with Gasteiger partial charge in [0.05, 0.1) is 11.0 Å². The van der Waals surface area contributed by atoms with Crippen LogP contribution in [0.25, 0.3) is 0 Å². The van der Waals surface area contributed by atoms with E-state index < -0.39 is 22.3 Å². The molecule has 2 rings (SSSR count). The number of rotatable bonds is 3. The van der Waals surface area contributed by atoms with Crippen molar-refractivity contribution in [2.75, 3.05) is 11.1 Å². The molecule has 21 heavy (non-hydrogen) atoms. The number of nitrogen functional groups attached to an aromatic ring is 1. The van der Waals surface area contributed by atoms with Crippen LogP contribution >= 0.6 is 15.9 Å². The standard InChI is InChI=1S/C13H9BrFN3O3/c14-8-3-7(4-10(16)5-8)13(19)17-11-2-1-9(15)6-12(11)18(20)21/h1-6H,16H2,(H,17,19). The highest BCUT2D eigenvalue weighted by Gasteiger charge is 2.18. The predicted molar refractivity (Wildman–Crippen MR) is 79.6 cm³/mol. The van der Waals surface area contributed by atoms with Gasteiger partial charge in [-0.05, 0) is 30.3 Å². The Labute approximate surface area is 127 Å². The van der Waals surface area contributed by atoms with Gasteiger partial charge in [-0.15, -0.1) is 0 Å². The lowest BCUT2D eigenvalue weighted by molar-refractivity contribution is -0.384. The average Bonchev–Trinajstić information content (AvgIpc) is 2.39. The third-order valence-corrected chi connectivity index (χ3v) is 3.04. The second-order valence-corrected chi connectivity index (χ2v) is 5.06. The number of carbonyl (C=O) groups is 1. The molecular formula is C13H9BrFN3O3. The van der Waals surface area contributed by atoms with Gasteiger partial charge in [0.2, 0.25) is 0 Å². The molecule has 6 nitrogen and oxygen atoms in total. The highest BCUT2D eigenvalue weighted by molar-refractivity contribution is 9.10. The summed E-state index contributed by atoms with van der Waals surface area (Å²) in [5.41, 5.74) is 5.59. The van der Waals surface area contributed by atoms with Gasteiger partial charge < -0.3 is 11.1 Å². The van der Waals surface area contributed by atoms with Crippen molar-refractivity contribution in [2.24, 2.45) is 0 Å². The highest BCUT2D eigenvalue weighted by Crippen LogP contribution is 2.26. The predicted octanol–water partition coefficient (Wildman–Crippen LogP) is 3.33. The molecule has 8 heteroatoms. The van der Waals surface area contributed by atoms with Crippen LogP contribution in [0.5, 0.6) is 0 Å². The number of hydrogen-bond donors (Lipinski definition) is 2. The molecule has 0 atom stereocenters. The molecule has 1 amide bonds. The lowest BCUT2D eigenvalue weighted by Gasteiger charge is -2.07. The first-order valence-electron chi connectivity index (χ1n) is 5.68. The van der Waals surface area contributed by atoms with Crippen LogP contribution in [0.4, 0.5) is 21.5 Å². The van der Waals surface area contributed by atoms with Crippen LogP contribution in [-0.4, -0.2) is 10.8 Å². The summed E-state index contributed by atoms with van der Waals surface area (Å²) in [5.74, 6) is -1.34. The second-order valence-electron chi connectivity index (χ2n) is 4.15. The molecule has 0 saturated heterocycles. The lowest BCUT2D eigenvalue weighted by Crippen LogP contribution is -2.13. The largest absolute Gasteiger partial charge is 0.399 e. The summed E-state index contributed by atoms with van der Waals surface area (Å²) in [7, 11) is 0. The van der Waals surface area contributed by atoms with Crippen LogP contribution in [0.1, 0.15) is 10.4 Å². The maximum absolute atomic E-state index is 13.0. The SMILES string of the molecule is Nc1cc(Br)cc(C(=O)Nc2ccc(F)cc2[N+](=O)[O-])c1. The first-order valence-corrected chi connectivity index (χ1v) is 6.47. The molecule has 0 radical (unpaired) electrons. The Hall–Kier alpha value is -2.48. The zero-order valence-corrected chi connectivity index (χ0v) is 12.1. The summed E-state index contributed by atoms with van der Waals surface area (Å²) in [4.78, 5) is 22.2. The molecule has 0 spiro atoms. The Bertz CT molecular complexity index is 716. The molecule has 108 valence electrons. The van der Waals surface area contributed by atoms with Crippen molar-refractivity contribution in [2.45, 2.75) is 0 Å². The number of nitrogens with zero attached hydrogens (tertiary/aromatic N) is 1. The van der Waals surface area contributed by atoms with Crippen LogP contribution in [0.3, 0.4) is 0 Å². The van der Waals surface area contributed by atoms with Gasteiger partial charge >= 0.3 is 0 Å². The van der Waals surface area contributed by atoms with Gasteiger partial charge in [0, 0.05) is 15.7 Å². The first-order chi connectivity index (χ1) is 9.86. The summed E-state index contributed by atoms with van der Waals surface area (Å²) < 4.78 is 13.6. The van der Waals surface area contributed by atoms with E-state index in [-0.39, 0.29) is 11.3 Å². The molecule has 2 aromatic carbocycles. The minimum Gasteiger partial charge on any atom is -0.399 e. The fourth-order valence-electron chi connectivity index (χ4n) is 1.70. The molecule has 0 aliphatic carbocycles. The first kappa shape index (κ1) is 14.9. The Kier molecular flexibility index (Phi) is 4.18. The maximum atomic E-state index is 13.0. The van der Waals surface area contributed by atoms with Crippen molar-refractivity contribution in [3.8, 4) is 0 Å². The van der Waals surface area contributed by atoms with E-state index >= 15 is 0 Å². The van der Waals surface area contributed by atoms with Gasteiger partial charge in [-0.2, -0.15) is 0 Å². The van der Waals surface area contributed by atoms with Gasteiger partial charge in [0.1, 0.15) is 11.5 Å². The number of benzene rings is 2. The Morgan fingerprint density at radius 1 is 1.29 bits per heavy atom. The summed E-state index contributed by atoms with van der Waals surface area (Å²) >= 11 is 3.20. The Morgan fingerprint density at radius 2 is 2.00 bits per heavy atom. The van der Waals surface area contributed by atoms with Crippen LogP contribution in [0.15, 0.2) is 40.9 Å². The van der Waals surface area contributed by atoms with E-state index in [1.807, 2.05) is 0 Å². The van der Waals surface area contributed by atoms with Crippen molar-refractivity contribution < 1.29 is 14.1 Å². The number of halogens is 2. The van der Waals surface area contributed by atoms with E-state index in [1.54, 1.807) is 6.07 Å². The third kappa shape index (κ3) is 3.54. The smallest absolute Gasteiger partial charge is 0.295 e. The van der Waals surface area contributed by atoms with Crippen molar-refractivity contribution >= 4 is 38.9 Å². The normalized spacial score (nSPS) is 10.2. The van der Waals surface area contributed by atoms with Gasteiger partial charge in [-0.1, -0.05) is 15.9 Å². The molecular weight excluding hydrogens is 345 g/mol. The molecule has 0 aliphatic heterocycles. The lowest BCUT2D eigenvalue weighted by atomic mass is 10.2. The van der Waals surface area contributed by atoms with Crippen molar-refractivity contribution in [3.63, 3.8) is 0 Å². The molecule has 0 fully saturated rings. The van der Waals surface area contributed by atoms with E-state index in [0.29, 0.717) is 10.2 Å². The molecule has 0 unspecified atom stereocenters. The van der Waals surface area contributed by atoms with Crippen molar-refractivity contribution in [1.82, 2.24) is 0 Å². The molecule has 0 saturated carbocycles. The summed E-state index contributed by atoms with van der Waals surface area (Å²) in [6.07, 6.45) is 0. The van der Waals surface area contributed by atoms with E-state index in [1.165, 1.54) is 12.1 Å². The number of amides is 1. The molecule has 0 aliphatic rings. The number of nitrogens with one attached hydrogen (secondary N) is 1. The fourth-order valence-corrected chi connectivity index (χ4v) is 2.21. The molecule has 0 heterocycles. The van der Waals surface area contributed by atoms with Gasteiger partial charge in [0.25, 0.3) is 11.6 Å². The molecule has 2 aromatic rings. The minimum absolute atomic E-state index is 0.0926. The van der Waals surface area contributed by atoms with E-state index in [4.69, 9.17) is 5.73 Å². The van der Waals surface area contributed by atoms with E-state index in [9.17, 15) is 19.3 Å².